The highest BCUT2D eigenvalue weighted by Crippen LogP contribution is 2.55. The van der Waals surface area contributed by atoms with Crippen molar-refractivity contribution in [3.05, 3.63) is 18.3 Å². The molecule has 1 heterocycles. The minimum atomic E-state index is -0.553. The summed E-state index contributed by atoms with van der Waals surface area (Å²) in [4.78, 5) is 29.0. The Labute approximate surface area is 159 Å². The van der Waals surface area contributed by atoms with E-state index in [0.717, 1.165) is 37.0 Å². The molecule has 0 spiro atoms. The summed E-state index contributed by atoms with van der Waals surface area (Å²) in [6.45, 7) is 1.72. The van der Waals surface area contributed by atoms with Crippen molar-refractivity contribution in [1.82, 2.24) is 15.6 Å². The van der Waals surface area contributed by atoms with Crippen LogP contribution in [0.3, 0.4) is 0 Å². The number of amides is 3. The molecule has 7 nitrogen and oxygen atoms in total. The molecule has 146 valence electrons. The number of urea groups is 1. The molecule has 4 fully saturated rings. The Balaban J connectivity index is 1.30. The number of rotatable bonds is 5. The van der Waals surface area contributed by atoms with Crippen molar-refractivity contribution < 1.29 is 14.3 Å². The lowest BCUT2D eigenvalue weighted by atomic mass is 9.53. The van der Waals surface area contributed by atoms with E-state index in [2.05, 4.69) is 20.9 Å². The van der Waals surface area contributed by atoms with Gasteiger partial charge < -0.3 is 15.4 Å². The standard InChI is InChI=1S/C20H28N4O3/c1-12(22-16-3-4-17(27-2)21-11-16)18(25)23-19(26)24-20-8-13-5-14(9-20)7-15(6-13)10-20/h3-4,11-15,22H,5-10H2,1-2H3,(H2,23,24,25,26)/t12-,13?,14?,15?,20?/m0/s1. The average Bonchev–Trinajstić information content (AvgIpc) is 2.60. The Morgan fingerprint density at radius 2 is 1.78 bits per heavy atom. The van der Waals surface area contributed by atoms with E-state index in [1.165, 1.54) is 19.3 Å². The van der Waals surface area contributed by atoms with Gasteiger partial charge in [0, 0.05) is 11.6 Å². The van der Waals surface area contributed by atoms with Gasteiger partial charge in [-0.05, 0) is 69.3 Å². The van der Waals surface area contributed by atoms with Crippen molar-refractivity contribution in [2.24, 2.45) is 17.8 Å². The van der Waals surface area contributed by atoms with E-state index in [4.69, 9.17) is 4.74 Å². The van der Waals surface area contributed by atoms with Gasteiger partial charge in [-0.15, -0.1) is 0 Å². The van der Waals surface area contributed by atoms with Crippen LogP contribution in [0.2, 0.25) is 0 Å². The van der Waals surface area contributed by atoms with Crippen LogP contribution in [0, 0.1) is 17.8 Å². The first-order chi connectivity index (χ1) is 12.9. The first kappa shape index (κ1) is 18.1. The SMILES string of the molecule is COc1ccc(N[C@@H](C)C(=O)NC(=O)NC23CC4CC(CC(C4)C2)C3)cn1. The van der Waals surface area contributed by atoms with Gasteiger partial charge in [0.2, 0.25) is 11.8 Å². The number of anilines is 1. The van der Waals surface area contributed by atoms with E-state index in [-0.39, 0.29) is 17.5 Å². The second-order valence-corrected chi connectivity index (χ2v) is 8.60. The molecular formula is C20H28N4O3. The summed E-state index contributed by atoms with van der Waals surface area (Å²) in [5.41, 5.74) is 0.593. The fraction of sp³-hybridized carbons (Fsp3) is 0.650. The molecule has 1 atom stereocenters. The first-order valence-electron chi connectivity index (χ1n) is 9.84. The normalized spacial score (nSPS) is 31.9. The molecule has 0 aromatic carbocycles. The quantitative estimate of drug-likeness (QED) is 0.739. The van der Waals surface area contributed by atoms with E-state index >= 15 is 0 Å². The number of hydrogen-bond acceptors (Lipinski definition) is 5. The highest BCUT2D eigenvalue weighted by Gasteiger charge is 2.51. The van der Waals surface area contributed by atoms with Crippen LogP contribution in [-0.4, -0.2) is 35.6 Å². The monoisotopic (exact) mass is 372 g/mol. The van der Waals surface area contributed by atoms with Crippen molar-refractivity contribution in [3.8, 4) is 5.88 Å². The lowest BCUT2D eigenvalue weighted by molar-refractivity contribution is -0.120. The summed E-state index contributed by atoms with van der Waals surface area (Å²) in [6.07, 6.45) is 8.73. The maximum atomic E-state index is 12.5. The number of nitrogens with zero attached hydrogens (tertiary/aromatic N) is 1. The number of pyridine rings is 1. The third-order valence-electron chi connectivity index (χ3n) is 6.38. The van der Waals surface area contributed by atoms with E-state index in [1.54, 1.807) is 32.4 Å². The van der Waals surface area contributed by atoms with E-state index in [0.29, 0.717) is 11.6 Å². The van der Waals surface area contributed by atoms with Crippen LogP contribution in [-0.2, 0) is 4.79 Å². The van der Waals surface area contributed by atoms with Gasteiger partial charge in [0.05, 0.1) is 19.0 Å². The van der Waals surface area contributed by atoms with Crippen LogP contribution < -0.4 is 20.7 Å². The van der Waals surface area contributed by atoms with Crippen LogP contribution in [0.25, 0.3) is 0 Å². The lowest BCUT2D eigenvalue weighted by Gasteiger charge is -2.56. The van der Waals surface area contributed by atoms with Crippen molar-refractivity contribution in [2.75, 3.05) is 12.4 Å². The highest BCUT2D eigenvalue weighted by molar-refractivity contribution is 5.98. The zero-order valence-corrected chi connectivity index (χ0v) is 16.0. The van der Waals surface area contributed by atoms with Crippen LogP contribution in [0.4, 0.5) is 10.5 Å². The molecule has 0 unspecified atom stereocenters. The highest BCUT2D eigenvalue weighted by atomic mass is 16.5. The van der Waals surface area contributed by atoms with Gasteiger partial charge >= 0.3 is 6.03 Å². The third-order valence-corrected chi connectivity index (χ3v) is 6.38. The van der Waals surface area contributed by atoms with E-state index < -0.39 is 6.04 Å². The average molecular weight is 372 g/mol. The smallest absolute Gasteiger partial charge is 0.321 e. The van der Waals surface area contributed by atoms with Crippen LogP contribution in [0.1, 0.15) is 45.4 Å². The van der Waals surface area contributed by atoms with E-state index in [9.17, 15) is 9.59 Å². The minimum Gasteiger partial charge on any atom is -0.481 e. The second-order valence-electron chi connectivity index (χ2n) is 8.60. The van der Waals surface area contributed by atoms with Gasteiger partial charge in [-0.2, -0.15) is 0 Å². The summed E-state index contributed by atoms with van der Waals surface area (Å²) in [7, 11) is 1.55. The number of ether oxygens (including phenoxy) is 1. The molecule has 27 heavy (non-hydrogen) atoms. The molecule has 3 amide bonds. The molecular weight excluding hydrogens is 344 g/mol. The predicted molar refractivity (Wildman–Crippen MR) is 101 cm³/mol. The predicted octanol–water partition coefficient (Wildman–Crippen LogP) is 2.69. The van der Waals surface area contributed by atoms with E-state index in [1.807, 2.05) is 0 Å². The van der Waals surface area contributed by atoms with Gasteiger partial charge in [-0.3, -0.25) is 10.1 Å². The maximum Gasteiger partial charge on any atom is 0.321 e. The molecule has 4 aliphatic rings. The van der Waals surface area contributed by atoms with Gasteiger partial charge in [0.15, 0.2) is 0 Å². The number of carbonyl (C=O) groups is 2. The summed E-state index contributed by atoms with van der Waals surface area (Å²) in [5, 5.41) is 8.71. The largest absolute Gasteiger partial charge is 0.481 e. The summed E-state index contributed by atoms with van der Waals surface area (Å²) in [6, 6.07) is 2.57. The van der Waals surface area contributed by atoms with Crippen LogP contribution >= 0.6 is 0 Å². The molecule has 5 rings (SSSR count). The molecule has 0 saturated heterocycles. The zero-order valence-electron chi connectivity index (χ0n) is 16.0. The minimum absolute atomic E-state index is 0.102. The fourth-order valence-corrected chi connectivity index (χ4v) is 5.66. The Morgan fingerprint density at radius 1 is 1.15 bits per heavy atom. The molecule has 3 N–H and O–H groups in total. The number of carbonyl (C=O) groups excluding carboxylic acids is 2. The van der Waals surface area contributed by atoms with Crippen LogP contribution in [0.5, 0.6) is 5.88 Å². The van der Waals surface area contributed by atoms with Crippen molar-refractivity contribution in [2.45, 2.75) is 57.0 Å². The first-order valence-corrected chi connectivity index (χ1v) is 9.84. The Morgan fingerprint density at radius 3 is 2.30 bits per heavy atom. The molecule has 7 heteroatoms. The lowest BCUT2D eigenvalue weighted by Crippen LogP contribution is -2.62. The molecule has 0 radical (unpaired) electrons. The number of nitrogens with one attached hydrogen (secondary N) is 3. The van der Waals surface area contributed by atoms with Gasteiger partial charge in [0.1, 0.15) is 6.04 Å². The topological polar surface area (TPSA) is 92.4 Å². The Bertz CT molecular complexity index is 683. The van der Waals surface area contributed by atoms with Gasteiger partial charge in [-0.1, -0.05) is 0 Å². The Hall–Kier alpha value is -2.31. The molecule has 4 bridgehead atoms. The number of methoxy groups -OCH3 is 1. The summed E-state index contributed by atoms with van der Waals surface area (Å²) in [5.74, 6) is 2.39. The van der Waals surface area contributed by atoms with Crippen molar-refractivity contribution >= 4 is 17.6 Å². The number of aromatic nitrogens is 1. The van der Waals surface area contributed by atoms with Crippen molar-refractivity contribution in [3.63, 3.8) is 0 Å². The third kappa shape index (κ3) is 3.87. The Kier molecular flexibility index (Phi) is 4.70. The molecule has 4 aliphatic carbocycles. The summed E-state index contributed by atoms with van der Waals surface area (Å²) < 4.78 is 5.02. The zero-order chi connectivity index (χ0) is 19.0. The van der Waals surface area contributed by atoms with Gasteiger partial charge in [0.25, 0.3) is 0 Å². The van der Waals surface area contributed by atoms with Crippen molar-refractivity contribution in [1.29, 1.82) is 0 Å². The number of hydrogen-bond donors (Lipinski definition) is 3. The van der Waals surface area contributed by atoms with Crippen LogP contribution in [0.15, 0.2) is 18.3 Å². The van der Waals surface area contributed by atoms with Gasteiger partial charge in [-0.25, -0.2) is 9.78 Å². The fourth-order valence-electron chi connectivity index (χ4n) is 5.66. The summed E-state index contributed by atoms with van der Waals surface area (Å²) >= 11 is 0. The number of imide groups is 1. The molecule has 1 aromatic rings. The second kappa shape index (κ2) is 7.02. The molecule has 0 aliphatic heterocycles. The molecule has 1 aromatic heterocycles. The molecule has 4 saturated carbocycles. The maximum absolute atomic E-state index is 12.5.